The van der Waals surface area contributed by atoms with E-state index in [2.05, 4.69) is 30.4 Å². The van der Waals surface area contributed by atoms with Gasteiger partial charge in [0.05, 0.1) is 4.08 Å². The average molecular weight is 234 g/mol. The molecule has 1 N–H and O–H groups in total. The number of aliphatic hydroxyl groups excluding tert-OH is 1. The van der Waals surface area contributed by atoms with Crippen molar-refractivity contribution in [3.63, 3.8) is 0 Å². The van der Waals surface area contributed by atoms with Crippen LogP contribution in [0, 0.1) is 0 Å². The third-order valence-corrected chi connectivity index (χ3v) is 6.23. The molecule has 0 bridgehead atoms. The van der Waals surface area contributed by atoms with Gasteiger partial charge in [0.25, 0.3) is 0 Å². The molecule has 1 nitrogen and oxygen atoms in total. The van der Waals surface area contributed by atoms with Crippen LogP contribution in [0.3, 0.4) is 0 Å². The smallest absolute Gasteiger partial charge is 0.0632 e. The summed E-state index contributed by atoms with van der Waals surface area (Å²) in [6.07, 6.45) is 7.58. The Morgan fingerprint density at radius 1 is 1.14 bits per heavy atom. The Kier molecular flexibility index (Phi) is 6.38. The first kappa shape index (κ1) is 12.7. The van der Waals surface area contributed by atoms with E-state index < -0.39 is 0 Å². The summed E-state index contributed by atoms with van der Waals surface area (Å²) in [6.45, 7) is 2.60. The number of unbranched alkanes of at least 4 members (excludes halogenated alkanes) is 2. The Bertz CT molecular complexity index is 139. The number of rotatable bonds is 6. The van der Waals surface area contributed by atoms with Crippen LogP contribution in [0.4, 0.5) is 0 Å². The number of aliphatic hydroxyl groups is 1. The summed E-state index contributed by atoms with van der Waals surface area (Å²) < 4.78 is 0.363. The zero-order valence-electron chi connectivity index (χ0n) is 9.13. The fourth-order valence-corrected chi connectivity index (χ4v) is 5.23. The van der Waals surface area contributed by atoms with Crippen molar-refractivity contribution in [2.75, 3.05) is 18.1 Å². The molecule has 0 spiro atoms. The molecule has 1 saturated heterocycles. The van der Waals surface area contributed by atoms with Crippen LogP contribution >= 0.6 is 23.5 Å². The molecule has 0 aliphatic carbocycles. The van der Waals surface area contributed by atoms with Crippen LogP contribution in [0.25, 0.3) is 0 Å². The molecule has 0 saturated carbocycles. The lowest BCUT2D eigenvalue weighted by Gasteiger charge is -2.35. The van der Waals surface area contributed by atoms with Gasteiger partial charge in [-0.25, -0.2) is 0 Å². The lowest BCUT2D eigenvalue weighted by atomic mass is 10.1. The highest BCUT2D eigenvalue weighted by atomic mass is 32.2. The third kappa shape index (κ3) is 4.03. The predicted octanol–water partition coefficient (Wildman–Crippen LogP) is 3.52. The van der Waals surface area contributed by atoms with E-state index in [1.165, 1.54) is 43.6 Å². The van der Waals surface area contributed by atoms with Crippen LogP contribution in [-0.4, -0.2) is 27.3 Å². The molecule has 1 heterocycles. The van der Waals surface area contributed by atoms with Gasteiger partial charge in [0.1, 0.15) is 0 Å². The second-order valence-electron chi connectivity index (χ2n) is 3.89. The molecule has 0 aromatic heterocycles. The first-order valence-corrected chi connectivity index (χ1v) is 7.69. The van der Waals surface area contributed by atoms with Crippen molar-refractivity contribution in [2.24, 2.45) is 0 Å². The van der Waals surface area contributed by atoms with Gasteiger partial charge in [0.15, 0.2) is 0 Å². The monoisotopic (exact) mass is 234 g/mol. The lowest BCUT2D eigenvalue weighted by molar-refractivity contribution is 0.280. The standard InChI is InChI=1S/C11H22OS2/c1-2-3-4-6-11(7-8-12)13-9-5-10-14-11/h12H,2-10H2,1H3. The molecule has 0 radical (unpaired) electrons. The molecule has 1 rings (SSSR count). The minimum atomic E-state index is 0.353. The summed E-state index contributed by atoms with van der Waals surface area (Å²) in [7, 11) is 0. The highest BCUT2D eigenvalue weighted by molar-refractivity contribution is 8.18. The Morgan fingerprint density at radius 2 is 1.86 bits per heavy atom. The van der Waals surface area contributed by atoms with E-state index in [0.29, 0.717) is 10.7 Å². The summed E-state index contributed by atoms with van der Waals surface area (Å²) in [5.74, 6) is 2.58. The van der Waals surface area contributed by atoms with E-state index in [-0.39, 0.29) is 0 Å². The van der Waals surface area contributed by atoms with Gasteiger partial charge in [-0.05, 0) is 30.8 Å². The topological polar surface area (TPSA) is 20.2 Å². The van der Waals surface area contributed by atoms with Gasteiger partial charge in [-0.2, -0.15) is 0 Å². The lowest BCUT2D eigenvalue weighted by Crippen LogP contribution is -2.26. The Labute approximate surface area is 96.4 Å². The maximum Gasteiger partial charge on any atom is 0.0632 e. The molecule has 0 aromatic rings. The van der Waals surface area contributed by atoms with Crippen LogP contribution in [0.2, 0.25) is 0 Å². The average Bonchev–Trinajstić information content (AvgIpc) is 2.20. The number of thioether (sulfide) groups is 2. The molecule has 1 fully saturated rings. The van der Waals surface area contributed by atoms with Gasteiger partial charge in [-0.1, -0.05) is 26.2 Å². The largest absolute Gasteiger partial charge is 0.396 e. The summed E-state index contributed by atoms with van der Waals surface area (Å²) in [6, 6.07) is 0. The normalized spacial score (nSPS) is 21.0. The van der Waals surface area contributed by atoms with Gasteiger partial charge in [0.2, 0.25) is 0 Å². The molecule has 0 amide bonds. The van der Waals surface area contributed by atoms with Crippen LogP contribution in [-0.2, 0) is 0 Å². The summed E-state index contributed by atoms with van der Waals surface area (Å²) in [5.41, 5.74) is 0. The molecule has 84 valence electrons. The summed E-state index contributed by atoms with van der Waals surface area (Å²) in [5, 5.41) is 9.11. The Hall–Kier alpha value is 0.660. The van der Waals surface area contributed by atoms with Gasteiger partial charge < -0.3 is 5.11 Å². The zero-order chi connectivity index (χ0) is 10.3. The molecule has 3 heteroatoms. The van der Waals surface area contributed by atoms with E-state index >= 15 is 0 Å². The van der Waals surface area contributed by atoms with E-state index in [0.717, 1.165) is 6.42 Å². The van der Waals surface area contributed by atoms with Crippen LogP contribution in [0.5, 0.6) is 0 Å². The van der Waals surface area contributed by atoms with Crippen molar-refractivity contribution in [2.45, 2.75) is 49.5 Å². The van der Waals surface area contributed by atoms with E-state index in [1.54, 1.807) is 0 Å². The van der Waals surface area contributed by atoms with E-state index in [1.807, 2.05) is 0 Å². The molecule has 0 unspecified atom stereocenters. The minimum Gasteiger partial charge on any atom is -0.396 e. The second-order valence-corrected chi connectivity index (χ2v) is 7.11. The SMILES string of the molecule is CCCCCC1(CCO)SCCCS1. The van der Waals surface area contributed by atoms with Gasteiger partial charge in [-0.3, -0.25) is 0 Å². The molecule has 0 atom stereocenters. The predicted molar refractivity (Wildman–Crippen MR) is 68.1 cm³/mol. The van der Waals surface area contributed by atoms with Crippen LogP contribution < -0.4 is 0 Å². The summed E-state index contributed by atoms with van der Waals surface area (Å²) in [4.78, 5) is 0. The highest BCUT2D eigenvalue weighted by Gasteiger charge is 2.32. The van der Waals surface area contributed by atoms with Crippen molar-refractivity contribution >= 4 is 23.5 Å². The molecule has 0 aromatic carbocycles. The fourth-order valence-electron chi connectivity index (χ4n) is 1.85. The van der Waals surface area contributed by atoms with Crippen LogP contribution in [0.15, 0.2) is 0 Å². The van der Waals surface area contributed by atoms with Crippen LogP contribution in [0.1, 0.15) is 45.4 Å². The number of hydrogen-bond acceptors (Lipinski definition) is 3. The quantitative estimate of drug-likeness (QED) is 0.710. The fraction of sp³-hybridized carbons (Fsp3) is 1.00. The van der Waals surface area contributed by atoms with Gasteiger partial charge >= 0.3 is 0 Å². The zero-order valence-corrected chi connectivity index (χ0v) is 10.8. The molecule has 1 aliphatic heterocycles. The van der Waals surface area contributed by atoms with Gasteiger partial charge in [-0.15, -0.1) is 23.5 Å². The molecule has 14 heavy (non-hydrogen) atoms. The van der Waals surface area contributed by atoms with Crippen molar-refractivity contribution in [1.29, 1.82) is 0 Å². The first-order chi connectivity index (χ1) is 6.83. The highest BCUT2D eigenvalue weighted by Crippen LogP contribution is 2.48. The minimum absolute atomic E-state index is 0.353. The van der Waals surface area contributed by atoms with Crippen molar-refractivity contribution in [1.82, 2.24) is 0 Å². The van der Waals surface area contributed by atoms with E-state index in [4.69, 9.17) is 5.11 Å². The Morgan fingerprint density at radius 3 is 2.43 bits per heavy atom. The third-order valence-electron chi connectivity index (χ3n) is 2.67. The molecule has 1 aliphatic rings. The van der Waals surface area contributed by atoms with E-state index in [9.17, 15) is 0 Å². The molecular weight excluding hydrogens is 212 g/mol. The van der Waals surface area contributed by atoms with Crippen molar-refractivity contribution in [3.8, 4) is 0 Å². The van der Waals surface area contributed by atoms with Crippen molar-refractivity contribution in [3.05, 3.63) is 0 Å². The Balaban J connectivity index is 2.34. The summed E-state index contributed by atoms with van der Waals surface area (Å²) >= 11 is 4.18. The van der Waals surface area contributed by atoms with Crippen molar-refractivity contribution < 1.29 is 5.11 Å². The maximum atomic E-state index is 9.11. The maximum absolute atomic E-state index is 9.11. The number of hydrogen-bond donors (Lipinski definition) is 1. The molecular formula is C11H22OS2. The first-order valence-electron chi connectivity index (χ1n) is 5.72. The van der Waals surface area contributed by atoms with Gasteiger partial charge in [0, 0.05) is 6.61 Å². The second kappa shape index (κ2) is 7.02.